The SMILES string of the molecule is C=C/C=C/CCO. The molecule has 0 heterocycles. The molecule has 40 valence electrons. The number of allylic oxidation sites excluding steroid dienone is 2. The van der Waals surface area contributed by atoms with Crippen LogP contribution >= 0.6 is 0 Å². The first-order valence-electron chi connectivity index (χ1n) is 2.30. The Hall–Kier alpha value is -0.560. The van der Waals surface area contributed by atoms with Crippen molar-refractivity contribution in [3.8, 4) is 0 Å². The quantitative estimate of drug-likeness (QED) is 0.524. The van der Waals surface area contributed by atoms with Crippen molar-refractivity contribution in [2.45, 2.75) is 6.42 Å². The Morgan fingerprint density at radius 3 is 2.71 bits per heavy atom. The Kier molecular flexibility index (Phi) is 5.00. The van der Waals surface area contributed by atoms with Crippen molar-refractivity contribution >= 4 is 0 Å². The highest BCUT2D eigenvalue weighted by Crippen LogP contribution is 1.78. The average Bonchev–Trinajstić information content (AvgIpc) is 1.69. The van der Waals surface area contributed by atoms with E-state index in [4.69, 9.17) is 5.11 Å². The monoisotopic (exact) mass is 98.1 g/mol. The summed E-state index contributed by atoms with van der Waals surface area (Å²) in [6, 6.07) is 0. The largest absolute Gasteiger partial charge is 0.396 e. The Balaban J connectivity index is 2.92. The number of rotatable bonds is 3. The molecule has 0 unspecified atom stereocenters. The summed E-state index contributed by atoms with van der Waals surface area (Å²) in [5.41, 5.74) is 0. The smallest absolute Gasteiger partial charge is 0.0465 e. The van der Waals surface area contributed by atoms with Crippen LogP contribution in [-0.4, -0.2) is 11.7 Å². The zero-order chi connectivity index (χ0) is 5.54. The highest BCUT2D eigenvalue weighted by atomic mass is 16.2. The number of aliphatic hydroxyl groups excluding tert-OH is 1. The van der Waals surface area contributed by atoms with E-state index in [-0.39, 0.29) is 6.61 Å². The fraction of sp³-hybridized carbons (Fsp3) is 0.333. The molecule has 0 aromatic carbocycles. The summed E-state index contributed by atoms with van der Waals surface area (Å²) in [4.78, 5) is 0. The lowest BCUT2D eigenvalue weighted by molar-refractivity contribution is 0.302. The Morgan fingerprint density at radius 2 is 2.29 bits per heavy atom. The third kappa shape index (κ3) is 5.44. The van der Waals surface area contributed by atoms with Gasteiger partial charge in [-0.2, -0.15) is 0 Å². The van der Waals surface area contributed by atoms with Gasteiger partial charge < -0.3 is 5.11 Å². The molecule has 0 atom stereocenters. The molecule has 0 fully saturated rings. The first-order valence-corrected chi connectivity index (χ1v) is 2.30. The van der Waals surface area contributed by atoms with Crippen LogP contribution in [0.4, 0.5) is 0 Å². The van der Waals surface area contributed by atoms with Crippen molar-refractivity contribution in [2.24, 2.45) is 0 Å². The van der Waals surface area contributed by atoms with Crippen LogP contribution in [0, 0.1) is 0 Å². The molecule has 0 aromatic heterocycles. The first kappa shape index (κ1) is 6.44. The lowest BCUT2D eigenvalue weighted by atomic mass is 10.4. The van der Waals surface area contributed by atoms with Crippen LogP contribution in [0.15, 0.2) is 24.8 Å². The predicted molar refractivity (Wildman–Crippen MR) is 31.0 cm³/mol. The van der Waals surface area contributed by atoms with Gasteiger partial charge in [0.15, 0.2) is 0 Å². The van der Waals surface area contributed by atoms with E-state index in [1.165, 1.54) is 0 Å². The molecule has 1 nitrogen and oxygen atoms in total. The van der Waals surface area contributed by atoms with E-state index in [1.807, 2.05) is 12.2 Å². The van der Waals surface area contributed by atoms with Crippen LogP contribution in [0.3, 0.4) is 0 Å². The second kappa shape index (κ2) is 5.44. The zero-order valence-electron chi connectivity index (χ0n) is 4.30. The summed E-state index contributed by atoms with van der Waals surface area (Å²) in [6.07, 6.45) is 6.10. The normalized spacial score (nSPS) is 9.86. The van der Waals surface area contributed by atoms with Crippen LogP contribution in [0.25, 0.3) is 0 Å². The van der Waals surface area contributed by atoms with E-state index < -0.39 is 0 Å². The van der Waals surface area contributed by atoms with Gasteiger partial charge in [-0.25, -0.2) is 0 Å². The van der Waals surface area contributed by atoms with Gasteiger partial charge in [-0.15, -0.1) is 0 Å². The van der Waals surface area contributed by atoms with Crippen LogP contribution < -0.4 is 0 Å². The molecule has 0 amide bonds. The zero-order valence-corrected chi connectivity index (χ0v) is 4.30. The number of hydrogen-bond donors (Lipinski definition) is 1. The van der Waals surface area contributed by atoms with E-state index in [9.17, 15) is 0 Å². The lowest BCUT2D eigenvalue weighted by Crippen LogP contribution is -1.73. The summed E-state index contributed by atoms with van der Waals surface area (Å²) in [5, 5.41) is 8.21. The molecule has 0 radical (unpaired) electrons. The molecule has 0 bridgehead atoms. The molecule has 0 spiro atoms. The highest BCUT2D eigenvalue weighted by Gasteiger charge is 1.67. The minimum Gasteiger partial charge on any atom is -0.396 e. The minimum atomic E-state index is 0.227. The molecule has 0 saturated carbocycles. The fourth-order valence-electron chi connectivity index (χ4n) is 0.267. The molecule has 1 N–H and O–H groups in total. The molecule has 1 heteroatoms. The lowest BCUT2D eigenvalue weighted by Gasteiger charge is -1.77. The van der Waals surface area contributed by atoms with E-state index in [0.717, 1.165) is 6.42 Å². The summed E-state index contributed by atoms with van der Waals surface area (Å²) < 4.78 is 0. The van der Waals surface area contributed by atoms with Crippen molar-refractivity contribution in [1.82, 2.24) is 0 Å². The first-order chi connectivity index (χ1) is 3.41. The van der Waals surface area contributed by atoms with Crippen molar-refractivity contribution in [3.63, 3.8) is 0 Å². The molecular weight excluding hydrogens is 88.1 g/mol. The highest BCUT2D eigenvalue weighted by molar-refractivity contribution is 4.96. The predicted octanol–water partition coefficient (Wildman–Crippen LogP) is 1.11. The molecule has 0 aliphatic carbocycles. The number of aliphatic hydroxyl groups is 1. The van der Waals surface area contributed by atoms with Gasteiger partial charge in [0.05, 0.1) is 0 Å². The van der Waals surface area contributed by atoms with Gasteiger partial charge in [0, 0.05) is 6.61 Å². The van der Waals surface area contributed by atoms with Crippen LogP contribution in [0.2, 0.25) is 0 Å². The second-order valence-electron chi connectivity index (χ2n) is 1.18. The average molecular weight is 98.1 g/mol. The molecule has 0 aromatic rings. The van der Waals surface area contributed by atoms with E-state index >= 15 is 0 Å². The second-order valence-corrected chi connectivity index (χ2v) is 1.18. The summed E-state index contributed by atoms with van der Waals surface area (Å²) in [6.45, 7) is 3.69. The van der Waals surface area contributed by atoms with Gasteiger partial charge in [0.1, 0.15) is 0 Å². The molecule has 0 rings (SSSR count). The van der Waals surface area contributed by atoms with E-state index in [1.54, 1.807) is 6.08 Å². The summed E-state index contributed by atoms with van der Waals surface area (Å²) >= 11 is 0. The molecule has 0 aliphatic rings. The van der Waals surface area contributed by atoms with E-state index in [0.29, 0.717) is 0 Å². The Morgan fingerprint density at radius 1 is 1.57 bits per heavy atom. The fourth-order valence-corrected chi connectivity index (χ4v) is 0.267. The van der Waals surface area contributed by atoms with Gasteiger partial charge in [0.25, 0.3) is 0 Å². The molecule has 7 heavy (non-hydrogen) atoms. The van der Waals surface area contributed by atoms with Crippen LogP contribution in [-0.2, 0) is 0 Å². The third-order valence-corrected chi connectivity index (χ3v) is 0.568. The van der Waals surface area contributed by atoms with Gasteiger partial charge in [-0.1, -0.05) is 24.8 Å². The summed E-state index contributed by atoms with van der Waals surface area (Å²) in [5.74, 6) is 0. The third-order valence-electron chi connectivity index (χ3n) is 0.568. The molecular formula is C6H10O. The van der Waals surface area contributed by atoms with Crippen LogP contribution in [0.1, 0.15) is 6.42 Å². The molecule has 0 saturated heterocycles. The van der Waals surface area contributed by atoms with Gasteiger partial charge in [-0.3, -0.25) is 0 Å². The van der Waals surface area contributed by atoms with Gasteiger partial charge >= 0.3 is 0 Å². The van der Waals surface area contributed by atoms with Crippen molar-refractivity contribution in [1.29, 1.82) is 0 Å². The van der Waals surface area contributed by atoms with E-state index in [2.05, 4.69) is 6.58 Å². The minimum absolute atomic E-state index is 0.227. The topological polar surface area (TPSA) is 20.2 Å². The van der Waals surface area contributed by atoms with Gasteiger partial charge in [-0.05, 0) is 6.42 Å². The van der Waals surface area contributed by atoms with Crippen molar-refractivity contribution in [3.05, 3.63) is 24.8 Å². The summed E-state index contributed by atoms with van der Waals surface area (Å²) in [7, 11) is 0. The maximum absolute atomic E-state index is 8.21. The number of hydrogen-bond acceptors (Lipinski definition) is 1. The Labute approximate surface area is 44.0 Å². The van der Waals surface area contributed by atoms with Crippen LogP contribution in [0.5, 0.6) is 0 Å². The van der Waals surface area contributed by atoms with Crippen molar-refractivity contribution in [2.75, 3.05) is 6.61 Å². The van der Waals surface area contributed by atoms with Crippen molar-refractivity contribution < 1.29 is 5.11 Å². The molecule has 0 aliphatic heterocycles. The Bertz CT molecular complexity index is 64.6. The van der Waals surface area contributed by atoms with Gasteiger partial charge in [0.2, 0.25) is 0 Å². The standard InChI is InChI=1S/C6H10O/c1-2-3-4-5-6-7/h2-4,7H,1,5-6H2/b4-3+. The maximum atomic E-state index is 8.21. The maximum Gasteiger partial charge on any atom is 0.0465 e.